The molecule has 0 spiro atoms. The maximum atomic E-state index is 12.5. The van der Waals surface area contributed by atoms with E-state index in [1.807, 2.05) is 11.8 Å². The van der Waals surface area contributed by atoms with E-state index in [4.69, 9.17) is 24.1 Å². The molecule has 1 fully saturated rings. The number of nitrogens with one attached hydrogen (secondary N) is 1. The van der Waals surface area contributed by atoms with E-state index in [2.05, 4.69) is 35.8 Å². The first-order valence-electron chi connectivity index (χ1n) is 18.0. The third-order valence-corrected chi connectivity index (χ3v) is 11.2. The predicted octanol–water partition coefficient (Wildman–Crippen LogP) is 4.72. The molecule has 0 saturated carbocycles. The van der Waals surface area contributed by atoms with E-state index >= 15 is 0 Å². The third kappa shape index (κ3) is 19.1. The number of aromatic nitrogens is 2. The number of azide groups is 1. The molecule has 0 bridgehead atoms. The molecule has 3 unspecified atom stereocenters. The van der Waals surface area contributed by atoms with Crippen LogP contribution in [0.2, 0.25) is 0 Å². The number of thioether (sulfide) groups is 1. The molecule has 1 N–H and O–H groups in total. The predicted molar refractivity (Wildman–Crippen MR) is 189 cm³/mol. The molecule has 1 saturated heterocycles. The molecule has 0 aliphatic carbocycles. The summed E-state index contributed by atoms with van der Waals surface area (Å²) in [5.41, 5.74) is 8.06. The fraction of sp³-hybridized carbons (Fsp3) is 0.879. The number of phosphoric ester groups is 1. The summed E-state index contributed by atoms with van der Waals surface area (Å²) in [6.07, 6.45) is 17.8. The molecule has 2 heterocycles. The van der Waals surface area contributed by atoms with Crippen LogP contribution in [0.15, 0.2) is 20.9 Å². The molecule has 2 rings (SSSR count). The Morgan fingerprint density at radius 3 is 2.33 bits per heavy atom. The second-order valence-electron chi connectivity index (χ2n) is 12.7. The third-order valence-electron chi connectivity index (χ3n) is 8.62. The van der Waals surface area contributed by atoms with Gasteiger partial charge < -0.3 is 23.4 Å². The molecule has 0 radical (unpaired) electrons. The van der Waals surface area contributed by atoms with Crippen molar-refractivity contribution >= 4 is 19.6 Å². The molecule has 0 amide bonds. The van der Waals surface area contributed by atoms with Gasteiger partial charge in [0.05, 0.1) is 31.5 Å². The van der Waals surface area contributed by atoms with Crippen LogP contribution in [0.25, 0.3) is 10.4 Å². The van der Waals surface area contributed by atoms with Gasteiger partial charge in [-0.15, -0.1) is 0 Å². The summed E-state index contributed by atoms with van der Waals surface area (Å²) in [5, 5.41) is 4.09. The molecule has 49 heavy (non-hydrogen) atoms. The first kappa shape index (κ1) is 46.4. The summed E-state index contributed by atoms with van der Waals surface area (Å²) in [7, 11) is -4.69. The van der Waals surface area contributed by atoms with Crippen molar-refractivity contribution in [1.29, 1.82) is 0 Å². The van der Waals surface area contributed by atoms with Gasteiger partial charge in [-0.05, 0) is 44.4 Å². The summed E-state index contributed by atoms with van der Waals surface area (Å²) < 4.78 is 35.7. The molecular weight excluding hydrogens is 680 g/mol. The minimum atomic E-state index is -4.69. The van der Waals surface area contributed by atoms with Gasteiger partial charge in [-0.2, -0.15) is 11.8 Å². The molecule has 1 aliphatic rings. The van der Waals surface area contributed by atoms with Crippen LogP contribution in [-0.2, 0) is 23.1 Å². The molecule has 1 aliphatic heterocycles. The molecule has 13 nitrogen and oxygen atoms in total. The number of unbranched alkanes of at least 4 members (excludes halogenated alkanes) is 11. The average molecular weight is 740 g/mol. The number of rotatable bonds is 28. The van der Waals surface area contributed by atoms with Crippen molar-refractivity contribution in [2.24, 2.45) is 5.11 Å². The van der Waals surface area contributed by atoms with Crippen molar-refractivity contribution < 1.29 is 57.5 Å². The van der Waals surface area contributed by atoms with Gasteiger partial charge in [-0.1, -0.05) is 96.0 Å². The summed E-state index contributed by atoms with van der Waals surface area (Å²) in [5.74, 6) is 1.13. The quantitative estimate of drug-likeness (QED) is 0.0318. The van der Waals surface area contributed by atoms with Crippen LogP contribution < -0.4 is 45.7 Å². The zero-order chi connectivity index (χ0) is 35.2. The van der Waals surface area contributed by atoms with E-state index in [-0.39, 0.29) is 48.7 Å². The zero-order valence-electron chi connectivity index (χ0n) is 30.5. The van der Waals surface area contributed by atoms with Gasteiger partial charge in [-0.3, -0.25) is 18.9 Å². The fourth-order valence-electron chi connectivity index (χ4n) is 5.71. The minimum absolute atomic E-state index is 0. The number of hydrogen-bond donors (Lipinski definition) is 1. The monoisotopic (exact) mass is 739 g/mol. The number of ether oxygens (including phenoxy) is 2. The number of H-pyrrole nitrogens is 1. The Morgan fingerprint density at radius 1 is 1.04 bits per heavy atom. The van der Waals surface area contributed by atoms with E-state index < -0.39 is 44.1 Å². The van der Waals surface area contributed by atoms with E-state index in [0.29, 0.717) is 23.8 Å². The van der Waals surface area contributed by atoms with Crippen molar-refractivity contribution in [3.63, 3.8) is 0 Å². The van der Waals surface area contributed by atoms with E-state index in [0.717, 1.165) is 12.2 Å². The Morgan fingerprint density at radius 2 is 1.67 bits per heavy atom. The molecule has 276 valence electrons. The maximum Gasteiger partial charge on any atom is 1.00 e. The van der Waals surface area contributed by atoms with Gasteiger partial charge in [0.1, 0.15) is 6.23 Å². The zero-order valence-corrected chi connectivity index (χ0v) is 34.2. The van der Waals surface area contributed by atoms with Gasteiger partial charge >= 0.3 is 35.2 Å². The summed E-state index contributed by atoms with van der Waals surface area (Å²) in [6.45, 7) is 7.93. The fourth-order valence-corrected chi connectivity index (χ4v) is 7.82. The standard InChI is InChI=1S/C33H60N5O8PS.Na/c1-5-7-9-11-12-13-15-17-22-48-30(19-16-14-10-8-6-2)27(4)43-20-18-21-44-47(41,42)45-25-29-28(36-37-34)23-31(46-29)38-24-26(3)32(39)35-33(38)40;/h24,27-31H,5-23,25H2,1-4H3,(H,41,42)(H,35,39,40);/q;+1/p-1/t27?,28-,29+,30?,31+;/m0./s1. The van der Waals surface area contributed by atoms with Gasteiger partial charge in [0.2, 0.25) is 0 Å². The summed E-state index contributed by atoms with van der Waals surface area (Å²) in [6, 6.07) is -0.790. The number of hydrogen-bond acceptors (Lipinski definition) is 10. The van der Waals surface area contributed by atoms with Crippen LogP contribution in [-0.4, -0.2) is 58.6 Å². The number of phosphoric acid groups is 1. The molecule has 6 atom stereocenters. The molecule has 16 heteroatoms. The van der Waals surface area contributed by atoms with Crippen LogP contribution in [0, 0.1) is 6.92 Å². The van der Waals surface area contributed by atoms with Gasteiger partial charge in [-0.25, -0.2) is 4.79 Å². The van der Waals surface area contributed by atoms with Crippen LogP contribution in [0.1, 0.15) is 135 Å². The van der Waals surface area contributed by atoms with Gasteiger partial charge in [0.15, 0.2) is 0 Å². The second kappa shape index (κ2) is 27.0. The molecule has 0 aromatic carbocycles. The average Bonchev–Trinajstić information content (AvgIpc) is 3.45. The summed E-state index contributed by atoms with van der Waals surface area (Å²) >= 11 is 2.01. The van der Waals surface area contributed by atoms with E-state index in [1.165, 1.54) is 101 Å². The van der Waals surface area contributed by atoms with Crippen LogP contribution in [0.3, 0.4) is 0 Å². The van der Waals surface area contributed by atoms with E-state index in [1.54, 1.807) is 0 Å². The number of aryl methyl sites for hydroxylation is 1. The Labute approximate surface area is 318 Å². The molecule has 1 aromatic heterocycles. The van der Waals surface area contributed by atoms with Crippen LogP contribution in [0.4, 0.5) is 0 Å². The van der Waals surface area contributed by atoms with Crippen molar-refractivity contribution in [2.75, 3.05) is 25.6 Å². The Balaban J connectivity index is 0.0000120. The Bertz CT molecular complexity index is 1250. The van der Waals surface area contributed by atoms with Crippen molar-refractivity contribution in [3.05, 3.63) is 43.0 Å². The Hall–Kier alpha value is -0.630. The molecular formula is C33H59N5NaO8PS. The topological polar surface area (TPSA) is 181 Å². The van der Waals surface area contributed by atoms with Gasteiger partial charge in [0, 0.05) is 34.9 Å². The maximum absolute atomic E-state index is 12.5. The second-order valence-corrected chi connectivity index (χ2v) is 15.5. The normalized spacial score (nSPS) is 19.9. The number of aromatic amines is 1. The molecule has 1 aromatic rings. The van der Waals surface area contributed by atoms with Crippen molar-refractivity contribution in [1.82, 2.24) is 9.55 Å². The Kier molecular flexibility index (Phi) is 25.6. The van der Waals surface area contributed by atoms with E-state index in [9.17, 15) is 19.0 Å². The van der Waals surface area contributed by atoms with Crippen molar-refractivity contribution in [3.8, 4) is 0 Å². The van der Waals surface area contributed by atoms with Gasteiger partial charge in [0.25, 0.3) is 13.4 Å². The van der Waals surface area contributed by atoms with Crippen LogP contribution in [0.5, 0.6) is 0 Å². The first-order valence-corrected chi connectivity index (χ1v) is 20.5. The summed E-state index contributed by atoms with van der Waals surface area (Å²) in [4.78, 5) is 41.5. The SMILES string of the molecule is CCCCCCCCCCSC(CCCCCCC)C(C)OCCCOP(=O)([O-])OC[C@H]1O[C@@H](n2cc(C)c(=O)[nH]c2=O)C[C@@H]1N=[N+]=[N-].[Na+]. The van der Waals surface area contributed by atoms with Crippen molar-refractivity contribution in [2.45, 2.75) is 160 Å². The number of nitrogens with zero attached hydrogens (tertiary/aromatic N) is 4. The largest absolute Gasteiger partial charge is 1.00 e. The smallest absolute Gasteiger partial charge is 0.756 e. The first-order chi connectivity index (χ1) is 23.1. The van der Waals surface area contributed by atoms with Crippen LogP contribution >= 0.6 is 19.6 Å². The minimum Gasteiger partial charge on any atom is -0.756 e.